The van der Waals surface area contributed by atoms with Gasteiger partial charge in [-0.2, -0.15) is 0 Å². The Balaban J connectivity index is 2.49. The van der Waals surface area contributed by atoms with Gasteiger partial charge in [0.2, 0.25) is 0 Å². The second kappa shape index (κ2) is 7.15. The topological polar surface area (TPSA) is 26.3 Å². The zero-order chi connectivity index (χ0) is 12.7. The maximum atomic E-state index is 12.4. The molecule has 0 spiro atoms. The smallest absolute Gasteiger partial charge is 0.164 e. The molecular formula is C15H28O2. The average molecular weight is 240 g/mol. The second-order valence-corrected chi connectivity index (χ2v) is 5.82. The summed E-state index contributed by atoms with van der Waals surface area (Å²) in [6.45, 7) is 4.42. The summed E-state index contributed by atoms with van der Waals surface area (Å²) < 4.78 is 5.63. The first-order chi connectivity index (χ1) is 8.10. The lowest BCUT2D eigenvalue weighted by Crippen LogP contribution is -2.40. The monoisotopic (exact) mass is 240 g/mol. The van der Waals surface area contributed by atoms with Crippen LogP contribution in [-0.2, 0) is 9.53 Å². The van der Waals surface area contributed by atoms with Gasteiger partial charge in [0.05, 0.1) is 0 Å². The van der Waals surface area contributed by atoms with Crippen molar-refractivity contribution in [2.24, 2.45) is 5.92 Å². The minimum atomic E-state index is -0.437. The van der Waals surface area contributed by atoms with Crippen LogP contribution in [0.3, 0.4) is 0 Å². The summed E-state index contributed by atoms with van der Waals surface area (Å²) in [5.74, 6) is 1.04. The normalized spacial score (nSPS) is 20.2. The van der Waals surface area contributed by atoms with E-state index in [1.807, 2.05) is 0 Å². The highest BCUT2D eigenvalue weighted by Crippen LogP contribution is 2.32. The molecule has 1 rings (SSSR count). The largest absolute Gasteiger partial charge is 0.370 e. The van der Waals surface area contributed by atoms with Gasteiger partial charge in [-0.3, -0.25) is 4.79 Å². The molecule has 1 aliphatic rings. The summed E-state index contributed by atoms with van der Waals surface area (Å²) in [5.41, 5.74) is -0.437. The quantitative estimate of drug-likeness (QED) is 0.653. The summed E-state index contributed by atoms with van der Waals surface area (Å²) in [7, 11) is 1.71. The van der Waals surface area contributed by atoms with Crippen LogP contribution in [0.4, 0.5) is 0 Å². The number of hydrogen-bond acceptors (Lipinski definition) is 2. The molecule has 1 aliphatic carbocycles. The van der Waals surface area contributed by atoms with Gasteiger partial charge in [0.25, 0.3) is 0 Å². The number of carbonyl (C=O) groups excluding carboxylic acids is 1. The van der Waals surface area contributed by atoms with Crippen LogP contribution in [0.5, 0.6) is 0 Å². The van der Waals surface area contributed by atoms with Crippen LogP contribution in [0.25, 0.3) is 0 Å². The Bertz CT molecular complexity index is 225. The van der Waals surface area contributed by atoms with Gasteiger partial charge < -0.3 is 4.74 Å². The minimum Gasteiger partial charge on any atom is -0.370 e. The fraction of sp³-hybridized carbons (Fsp3) is 0.933. The third-order valence-electron chi connectivity index (χ3n) is 4.00. The van der Waals surface area contributed by atoms with E-state index in [0.717, 1.165) is 38.5 Å². The molecule has 17 heavy (non-hydrogen) atoms. The predicted molar refractivity (Wildman–Crippen MR) is 71.1 cm³/mol. The van der Waals surface area contributed by atoms with Gasteiger partial charge >= 0.3 is 0 Å². The van der Waals surface area contributed by atoms with Crippen LogP contribution in [-0.4, -0.2) is 18.5 Å². The van der Waals surface area contributed by atoms with Gasteiger partial charge in [0.1, 0.15) is 5.60 Å². The van der Waals surface area contributed by atoms with Crippen LogP contribution in [0.15, 0.2) is 0 Å². The van der Waals surface area contributed by atoms with E-state index in [-0.39, 0.29) is 0 Å². The molecule has 100 valence electrons. The number of Topliss-reactive ketones (excluding diaryl/α,β-unsaturated/α-hetero) is 1. The van der Waals surface area contributed by atoms with Crippen molar-refractivity contribution in [1.29, 1.82) is 0 Å². The van der Waals surface area contributed by atoms with Crippen LogP contribution in [0.2, 0.25) is 0 Å². The summed E-state index contributed by atoms with van der Waals surface area (Å²) in [4.78, 5) is 12.4. The highest BCUT2D eigenvalue weighted by Gasteiger charge is 2.37. The number of ether oxygens (including phenoxy) is 1. The molecule has 0 aliphatic heterocycles. The fourth-order valence-corrected chi connectivity index (χ4v) is 2.80. The molecule has 2 nitrogen and oxygen atoms in total. The van der Waals surface area contributed by atoms with Crippen molar-refractivity contribution in [3.63, 3.8) is 0 Å². The summed E-state index contributed by atoms with van der Waals surface area (Å²) in [5, 5.41) is 0. The summed E-state index contributed by atoms with van der Waals surface area (Å²) >= 11 is 0. The zero-order valence-electron chi connectivity index (χ0n) is 11.8. The van der Waals surface area contributed by atoms with Gasteiger partial charge in [-0.25, -0.2) is 0 Å². The molecule has 0 N–H and O–H groups in total. The number of hydrogen-bond donors (Lipinski definition) is 0. The van der Waals surface area contributed by atoms with Crippen molar-refractivity contribution in [1.82, 2.24) is 0 Å². The standard InChI is InChI=1S/C15H28O2/c1-13(2)9-8-10-14(16)15(17-3)11-6-4-5-7-12-15/h13H,4-12H2,1-3H3. The van der Waals surface area contributed by atoms with Crippen molar-refractivity contribution in [2.45, 2.75) is 77.2 Å². The molecule has 0 aromatic carbocycles. The van der Waals surface area contributed by atoms with Gasteiger partial charge in [0, 0.05) is 13.5 Å². The molecular weight excluding hydrogens is 212 g/mol. The molecule has 0 heterocycles. The molecule has 1 fully saturated rings. The number of carbonyl (C=O) groups is 1. The highest BCUT2D eigenvalue weighted by molar-refractivity contribution is 5.87. The molecule has 0 amide bonds. The number of rotatable bonds is 6. The lowest BCUT2D eigenvalue weighted by atomic mass is 9.86. The van der Waals surface area contributed by atoms with Crippen LogP contribution < -0.4 is 0 Å². The van der Waals surface area contributed by atoms with Crippen molar-refractivity contribution in [3.8, 4) is 0 Å². The minimum absolute atomic E-state index is 0.350. The van der Waals surface area contributed by atoms with Gasteiger partial charge in [-0.15, -0.1) is 0 Å². The lowest BCUT2D eigenvalue weighted by molar-refractivity contribution is -0.143. The first kappa shape index (κ1) is 14.7. The van der Waals surface area contributed by atoms with E-state index in [1.165, 1.54) is 12.8 Å². The van der Waals surface area contributed by atoms with Gasteiger partial charge in [0.15, 0.2) is 5.78 Å². The van der Waals surface area contributed by atoms with Crippen molar-refractivity contribution < 1.29 is 9.53 Å². The molecule has 2 heteroatoms. The van der Waals surface area contributed by atoms with E-state index in [2.05, 4.69) is 13.8 Å². The van der Waals surface area contributed by atoms with E-state index < -0.39 is 5.60 Å². The lowest BCUT2D eigenvalue weighted by Gasteiger charge is -2.29. The predicted octanol–water partition coefficient (Wildman–Crippen LogP) is 4.12. The Morgan fingerprint density at radius 1 is 1.18 bits per heavy atom. The van der Waals surface area contributed by atoms with Crippen molar-refractivity contribution in [3.05, 3.63) is 0 Å². The third kappa shape index (κ3) is 4.42. The van der Waals surface area contributed by atoms with Crippen LogP contribution >= 0.6 is 0 Å². The zero-order valence-corrected chi connectivity index (χ0v) is 11.8. The molecule has 1 saturated carbocycles. The summed E-state index contributed by atoms with van der Waals surface area (Å²) in [6, 6.07) is 0. The maximum Gasteiger partial charge on any atom is 0.164 e. The molecule has 0 bridgehead atoms. The van der Waals surface area contributed by atoms with Crippen molar-refractivity contribution in [2.75, 3.05) is 7.11 Å². The average Bonchev–Trinajstić information content (AvgIpc) is 2.54. The van der Waals surface area contributed by atoms with E-state index in [4.69, 9.17) is 4.74 Å². The van der Waals surface area contributed by atoms with E-state index in [1.54, 1.807) is 7.11 Å². The number of ketones is 1. The molecule has 0 radical (unpaired) electrons. The van der Waals surface area contributed by atoms with Gasteiger partial charge in [-0.05, 0) is 25.2 Å². The second-order valence-electron chi connectivity index (χ2n) is 5.82. The SMILES string of the molecule is COC1(C(=O)CCCC(C)C)CCCCCC1. The maximum absolute atomic E-state index is 12.4. The van der Waals surface area contributed by atoms with E-state index in [0.29, 0.717) is 18.1 Å². The van der Waals surface area contributed by atoms with Crippen molar-refractivity contribution >= 4 is 5.78 Å². The molecule has 0 aromatic rings. The van der Waals surface area contributed by atoms with Crippen LogP contribution in [0.1, 0.15) is 71.6 Å². The molecule has 0 aromatic heterocycles. The van der Waals surface area contributed by atoms with Gasteiger partial charge in [-0.1, -0.05) is 46.0 Å². The Morgan fingerprint density at radius 2 is 1.76 bits per heavy atom. The Labute approximate surface area is 106 Å². The first-order valence-electron chi connectivity index (χ1n) is 7.19. The van der Waals surface area contributed by atoms with E-state index in [9.17, 15) is 4.79 Å². The Morgan fingerprint density at radius 3 is 2.24 bits per heavy atom. The Kier molecular flexibility index (Phi) is 6.18. The number of methoxy groups -OCH3 is 1. The summed E-state index contributed by atoms with van der Waals surface area (Å²) in [6.07, 6.45) is 9.52. The Hall–Kier alpha value is -0.370. The molecule has 0 saturated heterocycles. The van der Waals surface area contributed by atoms with Crippen LogP contribution in [0, 0.1) is 5.92 Å². The molecule has 0 unspecified atom stereocenters. The fourth-order valence-electron chi connectivity index (χ4n) is 2.80. The first-order valence-corrected chi connectivity index (χ1v) is 7.19. The molecule has 0 atom stereocenters. The van der Waals surface area contributed by atoms with E-state index >= 15 is 0 Å². The highest BCUT2D eigenvalue weighted by atomic mass is 16.5. The third-order valence-corrected chi connectivity index (χ3v) is 4.00.